The number of rotatable bonds is 2. The standard InChI is InChI=1S/C27H16F3NO5/c28-27(29,30)15-10-12-16(13-11-15)31-24(34)19-20(25(31)35)26(36-21(19)14-6-2-1-3-7-14)22(32)17-8-4-5-9-18(17)23(26)33/h1-13,19-21H/t19-,20+,21-/m0/s1. The first kappa shape index (κ1) is 22.4. The summed E-state index contributed by atoms with van der Waals surface area (Å²) >= 11 is 0. The van der Waals surface area contributed by atoms with E-state index in [4.69, 9.17) is 4.74 Å². The van der Waals surface area contributed by atoms with Crippen molar-refractivity contribution in [3.63, 3.8) is 0 Å². The monoisotopic (exact) mass is 491 g/mol. The van der Waals surface area contributed by atoms with Crippen LogP contribution in [0.15, 0.2) is 78.9 Å². The molecule has 0 saturated carbocycles. The predicted octanol–water partition coefficient (Wildman–Crippen LogP) is 4.40. The van der Waals surface area contributed by atoms with E-state index in [9.17, 15) is 32.3 Å². The number of benzene rings is 3. The van der Waals surface area contributed by atoms with Gasteiger partial charge in [0.05, 0.1) is 29.2 Å². The van der Waals surface area contributed by atoms with Gasteiger partial charge in [0, 0.05) is 11.1 Å². The smallest absolute Gasteiger partial charge is 0.349 e. The van der Waals surface area contributed by atoms with Crippen LogP contribution in [0.3, 0.4) is 0 Å². The minimum Gasteiger partial charge on any atom is -0.349 e. The molecule has 1 aliphatic carbocycles. The molecule has 0 aromatic heterocycles. The van der Waals surface area contributed by atoms with E-state index in [-0.39, 0.29) is 16.8 Å². The van der Waals surface area contributed by atoms with Crippen LogP contribution in [0.5, 0.6) is 0 Å². The topological polar surface area (TPSA) is 80.8 Å². The largest absolute Gasteiger partial charge is 0.416 e. The molecular formula is C27H16F3NO5. The molecule has 3 atom stereocenters. The molecular weight excluding hydrogens is 475 g/mol. The summed E-state index contributed by atoms with van der Waals surface area (Å²) in [6, 6.07) is 18.1. The summed E-state index contributed by atoms with van der Waals surface area (Å²) in [6.45, 7) is 0. The van der Waals surface area contributed by atoms with E-state index in [0.717, 1.165) is 29.2 Å². The van der Waals surface area contributed by atoms with Crippen molar-refractivity contribution < 1.29 is 37.1 Å². The van der Waals surface area contributed by atoms with Crippen molar-refractivity contribution in [2.45, 2.75) is 17.9 Å². The van der Waals surface area contributed by atoms with Crippen LogP contribution in [-0.4, -0.2) is 29.0 Å². The number of hydrogen-bond donors (Lipinski definition) is 0. The van der Waals surface area contributed by atoms with E-state index in [1.54, 1.807) is 42.5 Å². The summed E-state index contributed by atoms with van der Waals surface area (Å²) in [5.41, 5.74) is -2.56. The van der Waals surface area contributed by atoms with Crippen molar-refractivity contribution in [3.8, 4) is 0 Å². The second-order valence-corrected chi connectivity index (χ2v) is 8.95. The highest BCUT2D eigenvalue weighted by molar-refractivity contribution is 6.37. The lowest BCUT2D eigenvalue weighted by Crippen LogP contribution is -2.51. The molecule has 2 amide bonds. The number of carbonyl (C=O) groups is 4. The van der Waals surface area contributed by atoms with Crippen molar-refractivity contribution >= 4 is 29.1 Å². The summed E-state index contributed by atoms with van der Waals surface area (Å²) in [5.74, 6) is -5.70. The van der Waals surface area contributed by atoms with Gasteiger partial charge in [-0.1, -0.05) is 54.6 Å². The average molecular weight is 491 g/mol. The summed E-state index contributed by atoms with van der Waals surface area (Å²) in [4.78, 5) is 55.5. The Morgan fingerprint density at radius 1 is 0.722 bits per heavy atom. The fourth-order valence-electron chi connectivity index (χ4n) is 5.51. The first-order valence-corrected chi connectivity index (χ1v) is 11.1. The van der Waals surface area contributed by atoms with Gasteiger partial charge in [-0.05, 0) is 29.8 Å². The van der Waals surface area contributed by atoms with E-state index < -0.39 is 58.7 Å². The molecule has 0 N–H and O–H groups in total. The Morgan fingerprint density at radius 3 is 1.83 bits per heavy atom. The zero-order chi connectivity index (χ0) is 25.4. The lowest BCUT2D eigenvalue weighted by Gasteiger charge is -2.27. The van der Waals surface area contributed by atoms with Gasteiger partial charge < -0.3 is 4.74 Å². The minimum absolute atomic E-state index is 0.0789. The third-order valence-corrected chi connectivity index (χ3v) is 7.10. The predicted molar refractivity (Wildman–Crippen MR) is 119 cm³/mol. The summed E-state index contributed by atoms with van der Waals surface area (Å²) in [6.07, 6.45) is -5.69. The van der Waals surface area contributed by atoms with Crippen molar-refractivity contribution in [1.82, 2.24) is 0 Å². The molecule has 180 valence electrons. The van der Waals surface area contributed by atoms with Crippen molar-refractivity contribution in [3.05, 3.63) is 101 Å². The Labute approximate surface area is 202 Å². The maximum atomic E-state index is 13.8. The van der Waals surface area contributed by atoms with Crippen molar-refractivity contribution in [2.75, 3.05) is 4.90 Å². The number of anilines is 1. The molecule has 3 aromatic carbocycles. The minimum atomic E-state index is -4.60. The molecule has 3 aromatic rings. The van der Waals surface area contributed by atoms with Crippen LogP contribution in [0.4, 0.5) is 18.9 Å². The van der Waals surface area contributed by atoms with Crippen LogP contribution in [0, 0.1) is 11.8 Å². The second-order valence-electron chi connectivity index (χ2n) is 8.95. The third-order valence-electron chi connectivity index (χ3n) is 7.10. The number of amides is 2. The van der Waals surface area contributed by atoms with Crippen LogP contribution in [0.25, 0.3) is 0 Å². The zero-order valence-corrected chi connectivity index (χ0v) is 18.4. The molecule has 6 rings (SSSR count). The number of nitrogens with zero attached hydrogens (tertiary/aromatic N) is 1. The molecule has 36 heavy (non-hydrogen) atoms. The number of hydrogen-bond acceptors (Lipinski definition) is 5. The molecule has 6 nitrogen and oxygen atoms in total. The summed E-state index contributed by atoms with van der Waals surface area (Å²) < 4.78 is 45.3. The van der Waals surface area contributed by atoms with Gasteiger partial charge in [-0.2, -0.15) is 13.2 Å². The van der Waals surface area contributed by atoms with Gasteiger partial charge in [0.1, 0.15) is 0 Å². The van der Waals surface area contributed by atoms with E-state index >= 15 is 0 Å². The van der Waals surface area contributed by atoms with Crippen LogP contribution in [-0.2, 0) is 20.5 Å². The molecule has 0 unspecified atom stereocenters. The van der Waals surface area contributed by atoms with Crippen LogP contribution >= 0.6 is 0 Å². The first-order valence-electron chi connectivity index (χ1n) is 11.1. The Hall–Kier alpha value is -4.11. The molecule has 2 heterocycles. The zero-order valence-electron chi connectivity index (χ0n) is 18.4. The molecule has 0 radical (unpaired) electrons. The molecule has 1 spiro atoms. The Bertz CT molecular complexity index is 1410. The first-order chi connectivity index (χ1) is 17.2. The highest BCUT2D eigenvalue weighted by Gasteiger charge is 2.74. The van der Waals surface area contributed by atoms with Gasteiger partial charge in [-0.15, -0.1) is 0 Å². The molecule has 3 aliphatic rings. The third kappa shape index (κ3) is 2.83. The molecule has 0 bridgehead atoms. The normalized spacial score (nSPS) is 24.5. The van der Waals surface area contributed by atoms with Gasteiger partial charge in [-0.3, -0.25) is 19.2 Å². The number of alkyl halides is 3. The Kier molecular flexibility index (Phi) is 4.62. The van der Waals surface area contributed by atoms with Gasteiger partial charge in [0.25, 0.3) is 0 Å². The van der Waals surface area contributed by atoms with Crippen molar-refractivity contribution in [1.29, 1.82) is 0 Å². The molecule has 2 aliphatic heterocycles. The quantitative estimate of drug-likeness (QED) is 0.392. The fraction of sp³-hybridized carbons (Fsp3) is 0.185. The number of halogens is 3. The van der Waals surface area contributed by atoms with Gasteiger partial charge in [-0.25, -0.2) is 4.90 Å². The highest BCUT2D eigenvalue weighted by Crippen LogP contribution is 2.57. The lowest BCUT2D eigenvalue weighted by molar-refractivity contribution is -0.137. The van der Waals surface area contributed by atoms with E-state index in [0.29, 0.717) is 5.56 Å². The average Bonchev–Trinajstić information content (AvgIpc) is 3.44. The number of fused-ring (bicyclic) bond motifs is 3. The SMILES string of the molecule is O=C1[C@@H]2[C@H](c3ccccc3)OC3(C(=O)c4ccccc4C3=O)[C@H]2C(=O)N1c1ccc(C(F)(F)F)cc1. The molecule has 9 heteroatoms. The van der Waals surface area contributed by atoms with E-state index in [1.165, 1.54) is 12.1 Å². The number of Topliss-reactive ketones (excluding diaryl/α,β-unsaturated/α-hetero) is 2. The highest BCUT2D eigenvalue weighted by atomic mass is 19.4. The van der Waals surface area contributed by atoms with Gasteiger partial charge in [0.2, 0.25) is 29.0 Å². The summed E-state index contributed by atoms with van der Waals surface area (Å²) in [5, 5.41) is 0. The summed E-state index contributed by atoms with van der Waals surface area (Å²) in [7, 11) is 0. The number of imide groups is 1. The second kappa shape index (κ2) is 7.44. The number of ketones is 2. The molecule has 2 saturated heterocycles. The maximum absolute atomic E-state index is 13.8. The van der Waals surface area contributed by atoms with Crippen molar-refractivity contribution in [2.24, 2.45) is 11.8 Å². The van der Waals surface area contributed by atoms with Crippen LogP contribution in [0.2, 0.25) is 0 Å². The van der Waals surface area contributed by atoms with Gasteiger partial charge >= 0.3 is 6.18 Å². The Morgan fingerprint density at radius 2 is 1.28 bits per heavy atom. The lowest BCUT2D eigenvalue weighted by atomic mass is 9.77. The van der Waals surface area contributed by atoms with Crippen LogP contribution < -0.4 is 4.90 Å². The fourth-order valence-corrected chi connectivity index (χ4v) is 5.51. The number of ether oxygens (including phenoxy) is 1. The maximum Gasteiger partial charge on any atom is 0.416 e. The van der Waals surface area contributed by atoms with Crippen LogP contribution in [0.1, 0.15) is 37.9 Å². The van der Waals surface area contributed by atoms with E-state index in [1.807, 2.05) is 0 Å². The van der Waals surface area contributed by atoms with E-state index in [2.05, 4.69) is 0 Å². The Balaban J connectivity index is 1.50. The molecule has 2 fully saturated rings. The number of carbonyl (C=O) groups excluding carboxylic acids is 4. The van der Waals surface area contributed by atoms with Gasteiger partial charge in [0.15, 0.2) is 0 Å².